The number of para-hydroxylation sites is 1. The zero-order valence-electron chi connectivity index (χ0n) is 27.7. The van der Waals surface area contributed by atoms with Crippen LogP contribution >= 0.6 is 0 Å². The third-order valence-electron chi connectivity index (χ3n) is 10.3. The molecule has 1 spiro atoms. The molecule has 1 saturated heterocycles. The Labute approximate surface area is 286 Å². The van der Waals surface area contributed by atoms with Crippen molar-refractivity contribution in [2.45, 2.75) is 69.5 Å². The number of ether oxygens (including phenoxy) is 2. The van der Waals surface area contributed by atoms with Gasteiger partial charge in [-0.05, 0) is 67.3 Å². The summed E-state index contributed by atoms with van der Waals surface area (Å²) in [6.45, 7) is 2.09. The molecule has 2 fully saturated rings. The Hall–Kier alpha value is -4.99. The van der Waals surface area contributed by atoms with Crippen LogP contribution in [-0.4, -0.2) is 48.1 Å². The number of anilines is 1. The Morgan fingerprint density at radius 1 is 0.918 bits per heavy atom. The summed E-state index contributed by atoms with van der Waals surface area (Å²) in [5.41, 5.74) is -2.34. The van der Waals surface area contributed by atoms with Gasteiger partial charge in [-0.15, -0.1) is 0 Å². The fourth-order valence-corrected chi connectivity index (χ4v) is 7.89. The van der Waals surface area contributed by atoms with Crippen molar-refractivity contribution in [3.8, 4) is 11.5 Å². The lowest BCUT2D eigenvalue weighted by Crippen LogP contribution is -2.71. The van der Waals surface area contributed by atoms with Crippen molar-refractivity contribution in [2.24, 2.45) is 5.41 Å². The first kappa shape index (κ1) is 32.6. The normalized spacial score (nSPS) is 25.2. The second kappa shape index (κ2) is 13.1. The van der Waals surface area contributed by atoms with Crippen LogP contribution < -0.4 is 25.0 Å². The molecule has 9 nitrogen and oxygen atoms in total. The molecule has 4 aromatic rings. The summed E-state index contributed by atoms with van der Waals surface area (Å²) in [5, 5.41) is 20.0. The van der Waals surface area contributed by atoms with Gasteiger partial charge in [0.25, 0.3) is 5.91 Å². The van der Waals surface area contributed by atoms with Crippen LogP contribution in [-0.2, 0) is 21.7 Å². The fourth-order valence-electron chi connectivity index (χ4n) is 7.89. The second-order valence-corrected chi connectivity index (χ2v) is 13.3. The summed E-state index contributed by atoms with van der Waals surface area (Å²) in [7, 11) is 1.52. The van der Waals surface area contributed by atoms with Gasteiger partial charge < -0.3 is 19.9 Å². The molecule has 49 heavy (non-hydrogen) atoms. The molecule has 252 valence electrons. The molecule has 2 amide bonds. The number of amides is 2. The molecule has 4 aromatic carbocycles. The van der Waals surface area contributed by atoms with Crippen molar-refractivity contribution in [1.82, 2.24) is 10.6 Å². The molecule has 0 aromatic heterocycles. The molecule has 0 radical (unpaired) electrons. The van der Waals surface area contributed by atoms with E-state index < -0.39 is 40.9 Å². The highest BCUT2D eigenvalue weighted by Crippen LogP contribution is 2.59. The highest BCUT2D eigenvalue weighted by Gasteiger charge is 2.79. The Morgan fingerprint density at radius 2 is 1.59 bits per heavy atom. The van der Waals surface area contributed by atoms with E-state index in [1.807, 2.05) is 49.4 Å². The topological polar surface area (TPSA) is 117 Å². The van der Waals surface area contributed by atoms with Gasteiger partial charge >= 0.3 is 0 Å². The van der Waals surface area contributed by atoms with Crippen molar-refractivity contribution in [3.05, 3.63) is 125 Å². The Morgan fingerprint density at radius 3 is 2.27 bits per heavy atom. The lowest BCUT2D eigenvalue weighted by Gasteiger charge is -2.49. The number of hydrogen-bond acceptors (Lipinski definition) is 7. The number of ketones is 1. The molecule has 9 heteroatoms. The molecule has 1 aliphatic carbocycles. The van der Waals surface area contributed by atoms with E-state index in [2.05, 4.69) is 10.6 Å². The van der Waals surface area contributed by atoms with Gasteiger partial charge in [0.05, 0.1) is 12.7 Å². The van der Waals surface area contributed by atoms with Crippen LogP contribution in [0.15, 0.2) is 103 Å². The van der Waals surface area contributed by atoms with Crippen LogP contribution in [0.4, 0.5) is 5.69 Å². The minimum Gasteiger partial charge on any atom is -0.497 e. The molecule has 2 aliphatic heterocycles. The largest absolute Gasteiger partial charge is 0.497 e. The van der Waals surface area contributed by atoms with Crippen molar-refractivity contribution >= 4 is 23.3 Å². The molecule has 7 rings (SSSR count). The maximum absolute atomic E-state index is 15.6. The number of fused-ring (bicyclic) bond motifs is 1. The van der Waals surface area contributed by atoms with E-state index in [4.69, 9.17) is 9.47 Å². The summed E-state index contributed by atoms with van der Waals surface area (Å²) in [5.74, 6) is -1.07. The first-order chi connectivity index (χ1) is 23.8. The first-order valence-corrected chi connectivity index (χ1v) is 16.9. The van der Waals surface area contributed by atoms with E-state index in [1.54, 1.807) is 60.7 Å². The molecule has 3 N–H and O–H groups in total. The SMILES string of the molecule is COc1ccc([C@@]2(O)C(=O)N(c3ccccc3)[C@H](C(=O)NC3CCCCC3)[C@@]23C(=O)c2cc(C)ccc2O[C@@H]3NCc2ccccc2)cc1. The molecule has 0 unspecified atom stereocenters. The van der Waals surface area contributed by atoms with Gasteiger partial charge in [0.1, 0.15) is 17.5 Å². The smallest absolute Gasteiger partial charge is 0.265 e. The zero-order valence-corrected chi connectivity index (χ0v) is 27.7. The molecule has 0 bridgehead atoms. The van der Waals surface area contributed by atoms with Crippen molar-refractivity contribution in [3.63, 3.8) is 0 Å². The third-order valence-corrected chi connectivity index (χ3v) is 10.3. The van der Waals surface area contributed by atoms with Crippen LogP contribution in [0.25, 0.3) is 0 Å². The number of hydrogen-bond donors (Lipinski definition) is 3. The van der Waals surface area contributed by atoms with Gasteiger partial charge in [-0.1, -0.05) is 91.6 Å². The average molecular weight is 660 g/mol. The van der Waals surface area contributed by atoms with Crippen LogP contribution in [0.1, 0.15) is 59.2 Å². The molecule has 3 aliphatic rings. The Balaban J connectivity index is 1.50. The number of carbonyl (C=O) groups is 3. The summed E-state index contributed by atoms with van der Waals surface area (Å²) in [4.78, 5) is 47.1. The van der Waals surface area contributed by atoms with Gasteiger partial charge in [0.15, 0.2) is 23.0 Å². The number of rotatable bonds is 8. The van der Waals surface area contributed by atoms with Gasteiger partial charge in [-0.25, -0.2) is 0 Å². The minimum absolute atomic E-state index is 0.134. The van der Waals surface area contributed by atoms with Gasteiger partial charge in [0, 0.05) is 18.3 Å². The van der Waals surface area contributed by atoms with Crippen LogP contribution in [0.2, 0.25) is 0 Å². The average Bonchev–Trinajstić information content (AvgIpc) is 3.35. The minimum atomic E-state index is -2.56. The third kappa shape index (κ3) is 5.37. The van der Waals surface area contributed by atoms with E-state index in [1.165, 1.54) is 12.0 Å². The van der Waals surface area contributed by atoms with Crippen LogP contribution in [0.3, 0.4) is 0 Å². The maximum Gasteiger partial charge on any atom is 0.265 e. The highest BCUT2D eigenvalue weighted by atomic mass is 16.5. The molecular weight excluding hydrogens is 618 g/mol. The lowest BCUT2D eigenvalue weighted by molar-refractivity contribution is -0.156. The van der Waals surface area contributed by atoms with Gasteiger partial charge in [0.2, 0.25) is 5.91 Å². The van der Waals surface area contributed by atoms with E-state index in [0.717, 1.165) is 43.2 Å². The van der Waals surface area contributed by atoms with E-state index in [9.17, 15) is 5.11 Å². The number of Topliss-reactive ketones (excluding diaryl/α,β-unsaturated/α-hetero) is 1. The summed E-state index contributed by atoms with van der Waals surface area (Å²) in [6.07, 6.45) is 3.27. The van der Waals surface area contributed by atoms with Crippen molar-refractivity contribution in [2.75, 3.05) is 12.0 Å². The first-order valence-electron chi connectivity index (χ1n) is 16.9. The monoisotopic (exact) mass is 659 g/mol. The number of nitrogens with one attached hydrogen (secondary N) is 2. The summed E-state index contributed by atoms with van der Waals surface area (Å²) < 4.78 is 12.1. The highest BCUT2D eigenvalue weighted by molar-refractivity contribution is 6.20. The van der Waals surface area contributed by atoms with E-state index in [0.29, 0.717) is 17.2 Å². The summed E-state index contributed by atoms with van der Waals surface area (Å²) in [6, 6.07) is 28.4. The predicted molar refractivity (Wildman–Crippen MR) is 185 cm³/mol. The maximum atomic E-state index is 15.6. The number of carbonyl (C=O) groups excluding carboxylic acids is 3. The quantitative estimate of drug-likeness (QED) is 0.231. The second-order valence-electron chi connectivity index (χ2n) is 13.3. The van der Waals surface area contributed by atoms with Crippen LogP contribution in [0.5, 0.6) is 11.5 Å². The van der Waals surface area contributed by atoms with Crippen molar-refractivity contribution < 1.29 is 29.0 Å². The molecule has 2 heterocycles. The van der Waals surface area contributed by atoms with Gasteiger partial charge in [-0.2, -0.15) is 0 Å². The number of benzene rings is 4. The number of methoxy groups -OCH3 is 1. The number of nitrogens with zero attached hydrogens (tertiary/aromatic N) is 1. The number of aryl methyl sites for hydroxylation is 1. The molecular formula is C40H41N3O6. The number of aliphatic hydroxyl groups is 1. The van der Waals surface area contributed by atoms with E-state index >= 15 is 14.4 Å². The Bertz CT molecular complexity index is 1840. The fraction of sp³-hybridized carbons (Fsp3) is 0.325. The molecule has 4 atom stereocenters. The van der Waals surface area contributed by atoms with Gasteiger partial charge in [-0.3, -0.25) is 24.6 Å². The Kier molecular flexibility index (Phi) is 8.73. The van der Waals surface area contributed by atoms with Crippen LogP contribution in [0, 0.1) is 12.3 Å². The summed E-state index contributed by atoms with van der Waals surface area (Å²) >= 11 is 0. The lowest BCUT2D eigenvalue weighted by atomic mass is 9.60. The van der Waals surface area contributed by atoms with E-state index in [-0.39, 0.29) is 23.7 Å². The standard InChI is InChI=1S/C40H41N3O6/c1-26-18-23-33-32(24-26)35(44)39(37(49-33)41-25-27-12-6-3-7-13-27)34(36(45)42-29-14-8-4-9-15-29)43(30-16-10-5-11-17-30)38(46)40(39,47)28-19-21-31(48-2)22-20-28/h3,5-7,10-13,16-24,29,34,37,41,47H,4,8-9,14-15,25H2,1-2H3,(H,42,45)/t34-,37+,39+,40-/m1/s1. The predicted octanol–water partition coefficient (Wildman–Crippen LogP) is 5.43. The van der Waals surface area contributed by atoms with Crippen molar-refractivity contribution in [1.29, 1.82) is 0 Å². The zero-order chi connectivity index (χ0) is 34.2. The molecule has 1 saturated carbocycles.